The maximum absolute atomic E-state index is 13.7. The van der Waals surface area contributed by atoms with Crippen molar-refractivity contribution in [3.8, 4) is 11.3 Å². The highest BCUT2D eigenvalue weighted by Crippen LogP contribution is 2.29. The van der Waals surface area contributed by atoms with E-state index in [4.69, 9.17) is 0 Å². The van der Waals surface area contributed by atoms with Gasteiger partial charge in [0.05, 0.1) is 11.4 Å². The van der Waals surface area contributed by atoms with Crippen LogP contribution >= 0.6 is 11.3 Å². The highest BCUT2D eigenvalue weighted by molar-refractivity contribution is 7.14. The first kappa shape index (κ1) is 14.5. The van der Waals surface area contributed by atoms with Gasteiger partial charge in [0.15, 0.2) is 5.13 Å². The second-order valence-electron chi connectivity index (χ2n) is 4.41. The van der Waals surface area contributed by atoms with Crippen LogP contribution in [0.15, 0.2) is 41.8 Å². The van der Waals surface area contributed by atoms with Gasteiger partial charge in [-0.3, -0.25) is 0 Å². The first-order chi connectivity index (χ1) is 10.5. The van der Waals surface area contributed by atoms with Crippen molar-refractivity contribution in [2.75, 3.05) is 5.32 Å². The fourth-order valence-corrected chi connectivity index (χ4v) is 2.58. The molecule has 0 radical (unpaired) electrons. The normalized spacial score (nSPS) is 10.7. The second-order valence-corrected chi connectivity index (χ2v) is 5.27. The average Bonchev–Trinajstić information content (AvgIpc) is 2.90. The van der Waals surface area contributed by atoms with E-state index in [1.54, 1.807) is 5.38 Å². The topological polar surface area (TPSA) is 24.9 Å². The summed E-state index contributed by atoms with van der Waals surface area (Å²) in [6.45, 7) is 0. The number of hydrogen-bond donors (Lipinski definition) is 1. The number of benzene rings is 2. The molecule has 7 heteroatoms. The van der Waals surface area contributed by atoms with Gasteiger partial charge in [-0.2, -0.15) is 0 Å². The molecule has 0 aliphatic heterocycles. The molecule has 0 saturated carbocycles. The lowest BCUT2D eigenvalue weighted by Gasteiger charge is -2.04. The number of aromatic nitrogens is 1. The van der Waals surface area contributed by atoms with E-state index in [2.05, 4.69) is 10.3 Å². The molecule has 0 saturated heterocycles. The van der Waals surface area contributed by atoms with Crippen molar-refractivity contribution in [3.63, 3.8) is 0 Å². The summed E-state index contributed by atoms with van der Waals surface area (Å²) >= 11 is 1.12. The zero-order chi connectivity index (χ0) is 15.7. The van der Waals surface area contributed by atoms with Crippen LogP contribution in [0.1, 0.15) is 0 Å². The maximum Gasteiger partial charge on any atom is 0.187 e. The van der Waals surface area contributed by atoms with Gasteiger partial charge in [-0.05, 0) is 24.3 Å². The Morgan fingerprint density at radius 3 is 2.23 bits per heavy atom. The van der Waals surface area contributed by atoms with Crippen LogP contribution in [-0.2, 0) is 0 Å². The molecule has 0 unspecified atom stereocenters. The van der Waals surface area contributed by atoms with Gasteiger partial charge in [-0.15, -0.1) is 11.3 Å². The summed E-state index contributed by atoms with van der Waals surface area (Å²) in [5.41, 5.74) is 0.500. The smallest absolute Gasteiger partial charge is 0.187 e. The monoisotopic (exact) mass is 324 g/mol. The van der Waals surface area contributed by atoms with E-state index in [9.17, 15) is 17.6 Å². The van der Waals surface area contributed by atoms with Gasteiger partial charge in [0.25, 0.3) is 0 Å². The number of anilines is 2. The van der Waals surface area contributed by atoms with Crippen LogP contribution < -0.4 is 5.32 Å². The summed E-state index contributed by atoms with van der Waals surface area (Å²) in [6, 6.07) is 6.27. The molecule has 1 N–H and O–H groups in total. The van der Waals surface area contributed by atoms with Crippen molar-refractivity contribution < 1.29 is 17.6 Å². The Morgan fingerprint density at radius 1 is 0.864 bits per heavy atom. The van der Waals surface area contributed by atoms with E-state index in [0.717, 1.165) is 35.6 Å². The lowest BCUT2D eigenvalue weighted by atomic mass is 10.1. The van der Waals surface area contributed by atoms with Gasteiger partial charge in [-0.1, -0.05) is 0 Å². The quantitative estimate of drug-likeness (QED) is 0.677. The zero-order valence-corrected chi connectivity index (χ0v) is 11.7. The molecule has 0 atom stereocenters. The summed E-state index contributed by atoms with van der Waals surface area (Å²) in [5.74, 6) is -2.85. The van der Waals surface area contributed by atoms with Gasteiger partial charge in [-0.25, -0.2) is 22.5 Å². The van der Waals surface area contributed by atoms with E-state index in [1.165, 1.54) is 12.1 Å². The minimum Gasteiger partial charge on any atom is -0.329 e. The van der Waals surface area contributed by atoms with Crippen molar-refractivity contribution in [1.82, 2.24) is 4.98 Å². The van der Waals surface area contributed by atoms with Crippen LogP contribution in [-0.4, -0.2) is 4.98 Å². The van der Waals surface area contributed by atoms with Gasteiger partial charge in [0.2, 0.25) is 0 Å². The number of nitrogens with one attached hydrogen (secondary N) is 1. The van der Waals surface area contributed by atoms with E-state index < -0.39 is 23.3 Å². The van der Waals surface area contributed by atoms with Crippen molar-refractivity contribution in [1.29, 1.82) is 0 Å². The van der Waals surface area contributed by atoms with E-state index in [1.807, 2.05) is 0 Å². The van der Waals surface area contributed by atoms with Crippen LogP contribution in [0.4, 0.5) is 28.4 Å². The Kier molecular flexibility index (Phi) is 3.81. The van der Waals surface area contributed by atoms with Gasteiger partial charge in [0.1, 0.15) is 23.3 Å². The van der Waals surface area contributed by atoms with Crippen molar-refractivity contribution >= 4 is 22.2 Å². The molecule has 0 bridgehead atoms. The molecule has 0 aliphatic rings. The molecular formula is C15H8F4N2S. The fourth-order valence-electron chi connectivity index (χ4n) is 1.86. The molecule has 0 spiro atoms. The third kappa shape index (κ3) is 2.94. The van der Waals surface area contributed by atoms with Gasteiger partial charge < -0.3 is 5.32 Å². The molecule has 112 valence electrons. The standard InChI is InChI=1S/C15H8F4N2S/c16-8-1-3-10(11(18)5-8)14-7-22-15(21-14)20-13-4-2-9(17)6-12(13)19/h1-7H,(H,20,21). The third-order valence-electron chi connectivity index (χ3n) is 2.88. The molecule has 0 aliphatic carbocycles. The molecule has 3 rings (SSSR count). The van der Waals surface area contributed by atoms with Crippen LogP contribution in [0.3, 0.4) is 0 Å². The Morgan fingerprint density at radius 2 is 1.55 bits per heavy atom. The Bertz CT molecular complexity index is 832. The number of rotatable bonds is 3. The molecule has 22 heavy (non-hydrogen) atoms. The molecule has 0 fully saturated rings. The molecular weight excluding hydrogens is 316 g/mol. The fraction of sp³-hybridized carbons (Fsp3) is 0. The zero-order valence-electron chi connectivity index (χ0n) is 10.9. The second kappa shape index (κ2) is 5.76. The van der Waals surface area contributed by atoms with Crippen LogP contribution in [0.2, 0.25) is 0 Å². The minimum atomic E-state index is -0.760. The predicted molar refractivity (Wildman–Crippen MR) is 77.1 cm³/mol. The summed E-state index contributed by atoms with van der Waals surface area (Å²) < 4.78 is 53.0. The highest BCUT2D eigenvalue weighted by Gasteiger charge is 2.12. The number of nitrogens with zero attached hydrogens (tertiary/aromatic N) is 1. The van der Waals surface area contributed by atoms with Crippen LogP contribution in [0.25, 0.3) is 11.3 Å². The molecule has 1 aromatic heterocycles. The lowest BCUT2D eigenvalue weighted by Crippen LogP contribution is -1.94. The van der Waals surface area contributed by atoms with E-state index in [0.29, 0.717) is 10.8 Å². The average molecular weight is 324 g/mol. The Labute approximate surface area is 127 Å². The van der Waals surface area contributed by atoms with Crippen molar-refractivity contribution in [2.45, 2.75) is 0 Å². The molecule has 0 amide bonds. The van der Waals surface area contributed by atoms with Gasteiger partial charge in [0, 0.05) is 23.1 Å². The highest BCUT2D eigenvalue weighted by atomic mass is 32.1. The molecule has 1 heterocycles. The SMILES string of the molecule is Fc1ccc(Nc2nc(-c3ccc(F)cc3F)cs2)c(F)c1. The van der Waals surface area contributed by atoms with Crippen molar-refractivity contribution in [3.05, 3.63) is 65.0 Å². The Hall–Kier alpha value is -2.41. The van der Waals surface area contributed by atoms with E-state index >= 15 is 0 Å². The minimum absolute atomic E-state index is 0.0573. The number of halogens is 4. The van der Waals surface area contributed by atoms with Crippen molar-refractivity contribution in [2.24, 2.45) is 0 Å². The van der Waals surface area contributed by atoms with Gasteiger partial charge >= 0.3 is 0 Å². The summed E-state index contributed by atoms with van der Waals surface area (Å²) in [6.07, 6.45) is 0. The summed E-state index contributed by atoms with van der Waals surface area (Å²) in [7, 11) is 0. The molecule has 3 aromatic rings. The Balaban J connectivity index is 1.87. The first-order valence-corrected chi connectivity index (χ1v) is 7.04. The lowest BCUT2D eigenvalue weighted by molar-refractivity contribution is 0.584. The first-order valence-electron chi connectivity index (χ1n) is 6.16. The number of thiazole rings is 1. The summed E-state index contributed by atoms with van der Waals surface area (Å²) in [5, 5.41) is 4.55. The molecule has 2 nitrogen and oxygen atoms in total. The van der Waals surface area contributed by atoms with Crippen LogP contribution in [0, 0.1) is 23.3 Å². The largest absolute Gasteiger partial charge is 0.329 e. The predicted octanol–water partition coefficient (Wildman–Crippen LogP) is 5.11. The number of hydrogen-bond acceptors (Lipinski definition) is 3. The molecule has 2 aromatic carbocycles. The maximum atomic E-state index is 13.7. The van der Waals surface area contributed by atoms with Crippen LogP contribution in [0.5, 0.6) is 0 Å². The van der Waals surface area contributed by atoms with E-state index in [-0.39, 0.29) is 11.3 Å². The summed E-state index contributed by atoms with van der Waals surface area (Å²) in [4.78, 5) is 4.11. The third-order valence-corrected chi connectivity index (χ3v) is 3.64.